The van der Waals surface area contributed by atoms with E-state index < -0.39 is 11.4 Å². The van der Waals surface area contributed by atoms with Crippen molar-refractivity contribution in [3.63, 3.8) is 0 Å². The summed E-state index contributed by atoms with van der Waals surface area (Å²) in [5.74, 6) is -0.705. The van der Waals surface area contributed by atoms with Gasteiger partial charge < -0.3 is 5.11 Å². The minimum atomic E-state index is -0.705. The van der Waals surface area contributed by atoms with Gasteiger partial charge in [-0.05, 0) is 30.4 Å². The maximum atomic E-state index is 11.3. The zero-order chi connectivity index (χ0) is 10.9. The van der Waals surface area contributed by atoms with Crippen LogP contribution in [0.5, 0.6) is 0 Å². The maximum Gasteiger partial charge on any atom is 0.314 e. The number of pyridine rings is 1. The van der Waals surface area contributed by atoms with Crippen LogP contribution in [0.25, 0.3) is 0 Å². The Labute approximate surface area is 89.2 Å². The van der Waals surface area contributed by atoms with Gasteiger partial charge in [-0.25, -0.2) is 0 Å². The van der Waals surface area contributed by atoms with E-state index in [1.54, 1.807) is 12.4 Å². The average Bonchev–Trinajstić information content (AvgIpc) is 2.16. The third-order valence-corrected chi connectivity index (χ3v) is 3.37. The Bertz CT molecular complexity index is 383. The first-order valence-electron chi connectivity index (χ1n) is 5.37. The molecule has 1 fully saturated rings. The molecule has 2 rings (SSSR count). The second-order valence-corrected chi connectivity index (χ2v) is 4.18. The van der Waals surface area contributed by atoms with Gasteiger partial charge in [-0.1, -0.05) is 19.4 Å². The molecule has 3 nitrogen and oxygen atoms in total. The fourth-order valence-corrected chi connectivity index (χ4v) is 2.10. The Balaban J connectivity index is 2.38. The molecule has 1 N–H and O–H groups in total. The normalized spacial score (nSPS) is 18.2. The van der Waals surface area contributed by atoms with Crippen LogP contribution in [0.4, 0.5) is 0 Å². The highest BCUT2D eigenvalue weighted by Crippen LogP contribution is 2.43. The average molecular weight is 205 g/mol. The van der Waals surface area contributed by atoms with E-state index in [2.05, 4.69) is 11.9 Å². The molecule has 1 heterocycles. The van der Waals surface area contributed by atoms with E-state index >= 15 is 0 Å². The van der Waals surface area contributed by atoms with Gasteiger partial charge in [0.15, 0.2) is 0 Å². The summed E-state index contributed by atoms with van der Waals surface area (Å²) in [6.45, 7) is 2.05. The van der Waals surface area contributed by atoms with E-state index in [9.17, 15) is 9.90 Å². The predicted octanol–water partition coefficient (Wildman–Crippen LogP) is 2.15. The molecule has 1 aromatic rings. The Kier molecular flexibility index (Phi) is 2.47. The first-order valence-corrected chi connectivity index (χ1v) is 5.37. The smallest absolute Gasteiger partial charge is 0.314 e. The van der Waals surface area contributed by atoms with Crippen molar-refractivity contribution >= 4 is 5.97 Å². The first-order chi connectivity index (χ1) is 7.19. The fraction of sp³-hybridized carbons (Fsp3) is 0.500. The molecule has 3 heteroatoms. The Morgan fingerprint density at radius 1 is 1.53 bits per heavy atom. The molecular formula is C12H15NO2. The molecule has 1 aliphatic rings. The maximum absolute atomic E-state index is 11.3. The minimum Gasteiger partial charge on any atom is -0.481 e. The van der Waals surface area contributed by atoms with Crippen LogP contribution in [-0.4, -0.2) is 16.1 Å². The van der Waals surface area contributed by atoms with E-state index in [4.69, 9.17) is 0 Å². The van der Waals surface area contributed by atoms with Crippen molar-refractivity contribution < 1.29 is 9.90 Å². The van der Waals surface area contributed by atoms with Crippen molar-refractivity contribution in [1.29, 1.82) is 0 Å². The number of nitrogens with zero attached hydrogens (tertiary/aromatic N) is 1. The van der Waals surface area contributed by atoms with Crippen LogP contribution in [0.2, 0.25) is 0 Å². The Morgan fingerprint density at radius 2 is 2.27 bits per heavy atom. The van der Waals surface area contributed by atoms with Crippen LogP contribution in [0.15, 0.2) is 18.5 Å². The fourth-order valence-electron chi connectivity index (χ4n) is 2.10. The molecule has 1 aromatic heterocycles. The molecule has 0 atom stereocenters. The molecule has 0 saturated heterocycles. The van der Waals surface area contributed by atoms with Crippen LogP contribution in [0.3, 0.4) is 0 Å². The highest BCUT2D eigenvalue weighted by molar-refractivity contribution is 5.82. The number of hydrogen-bond acceptors (Lipinski definition) is 2. The zero-order valence-electron chi connectivity index (χ0n) is 8.86. The number of aromatic nitrogens is 1. The summed E-state index contributed by atoms with van der Waals surface area (Å²) in [5.41, 5.74) is 1.35. The summed E-state index contributed by atoms with van der Waals surface area (Å²) in [7, 11) is 0. The highest BCUT2D eigenvalue weighted by Gasteiger charge is 2.46. The van der Waals surface area contributed by atoms with Gasteiger partial charge in [0.25, 0.3) is 0 Å². The standard InChI is InChI=1S/C12H15NO2/c1-2-9-6-10(8-13-7-9)12(11(14)15)4-3-5-12/h6-8H,2-5H2,1H3,(H,14,15). The summed E-state index contributed by atoms with van der Waals surface area (Å²) in [6, 6.07) is 1.99. The lowest BCUT2D eigenvalue weighted by molar-refractivity contribution is -0.147. The summed E-state index contributed by atoms with van der Waals surface area (Å²) in [4.78, 5) is 15.4. The molecule has 0 aliphatic heterocycles. The number of hydrogen-bond donors (Lipinski definition) is 1. The van der Waals surface area contributed by atoms with Crippen LogP contribution >= 0.6 is 0 Å². The molecule has 0 radical (unpaired) electrons. The van der Waals surface area contributed by atoms with Crippen LogP contribution < -0.4 is 0 Å². The molecule has 0 aromatic carbocycles. The number of carboxylic acid groups (broad SMARTS) is 1. The lowest BCUT2D eigenvalue weighted by Gasteiger charge is -2.37. The second kappa shape index (κ2) is 3.65. The molecular weight excluding hydrogens is 190 g/mol. The third-order valence-electron chi connectivity index (χ3n) is 3.37. The van der Waals surface area contributed by atoms with Crippen molar-refractivity contribution in [1.82, 2.24) is 4.98 Å². The molecule has 0 spiro atoms. The van der Waals surface area contributed by atoms with Crippen LogP contribution in [-0.2, 0) is 16.6 Å². The van der Waals surface area contributed by atoms with Crippen molar-refractivity contribution in [3.05, 3.63) is 29.6 Å². The number of aliphatic carboxylic acids is 1. The lowest BCUT2D eigenvalue weighted by Crippen LogP contribution is -2.42. The number of rotatable bonds is 3. The number of carboxylic acids is 1. The molecule has 0 unspecified atom stereocenters. The van der Waals surface area contributed by atoms with Gasteiger partial charge in [0, 0.05) is 12.4 Å². The van der Waals surface area contributed by atoms with Crippen molar-refractivity contribution in [3.8, 4) is 0 Å². The van der Waals surface area contributed by atoms with E-state index in [-0.39, 0.29) is 0 Å². The third kappa shape index (κ3) is 1.52. The van der Waals surface area contributed by atoms with Gasteiger partial charge in [0.2, 0.25) is 0 Å². The van der Waals surface area contributed by atoms with Crippen molar-refractivity contribution in [2.45, 2.75) is 38.0 Å². The van der Waals surface area contributed by atoms with E-state index in [1.807, 2.05) is 6.07 Å². The Hall–Kier alpha value is -1.38. The van der Waals surface area contributed by atoms with Gasteiger partial charge in [0.1, 0.15) is 0 Å². The molecule has 0 amide bonds. The van der Waals surface area contributed by atoms with Gasteiger partial charge in [-0.15, -0.1) is 0 Å². The summed E-state index contributed by atoms with van der Waals surface area (Å²) in [5, 5.41) is 9.27. The minimum absolute atomic E-state index is 0.641. The second-order valence-electron chi connectivity index (χ2n) is 4.18. The van der Waals surface area contributed by atoms with E-state index in [0.29, 0.717) is 0 Å². The molecule has 1 saturated carbocycles. The zero-order valence-corrected chi connectivity index (χ0v) is 8.86. The van der Waals surface area contributed by atoms with Gasteiger partial charge in [0.05, 0.1) is 5.41 Å². The molecule has 1 aliphatic carbocycles. The van der Waals surface area contributed by atoms with E-state index in [0.717, 1.165) is 36.8 Å². The SMILES string of the molecule is CCc1cncc(C2(C(=O)O)CCC2)c1. The number of aryl methyl sites for hydroxylation is 1. The summed E-state index contributed by atoms with van der Waals surface area (Å²) in [6.07, 6.45) is 6.90. The molecule has 15 heavy (non-hydrogen) atoms. The topological polar surface area (TPSA) is 50.2 Å². The van der Waals surface area contributed by atoms with Crippen LogP contribution in [0, 0.1) is 0 Å². The van der Waals surface area contributed by atoms with Gasteiger partial charge in [-0.3, -0.25) is 9.78 Å². The summed E-state index contributed by atoms with van der Waals surface area (Å²) < 4.78 is 0. The molecule has 80 valence electrons. The first kappa shape index (κ1) is 10.1. The van der Waals surface area contributed by atoms with Crippen LogP contribution in [0.1, 0.15) is 37.3 Å². The van der Waals surface area contributed by atoms with Crippen molar-refractivity contribution in [2.24, 2.45) is 0 Å². The number of carbonyl (C=O) groups is 1. The van der Waals surface area contributed by atoms with E-state index in [1.165, 1.54) is 0 Å². The Morgan fingerprint density at radius 3 is 2.73 bits per heavy atom. The van der Waals surface area contributed by atoms with Gasteiger partial charge >= 0.3 is 5.97 Å². The predicted molar refractivity (Wildman–Crippen MR) is 56.8 cm³/mol. The lowest BCUT2D eigenvalue weighted by atomic mass is 9.65. The van der Waals surface area contributed by atoms with Crippen molar-refractivity contribution in [2.75, 3.05) is 0 Å². The quantitative estimate of drug-likeness (QED) is 0.822. The molecule has 0 bridgehead atoms. The largest absolute Gasteiger partial charge is 0.481 e. The van der Waals surface area contributed by atoms with Gasteiger partial charge in [-0.2, -0.15) is 0 Å². The monoisotopic (exact) mass is 205 g/mol. The summed E-state index contributed by atoms with van der Waals surface area (Å²) >= 11 is 0. The highest BCUT2D eigenvalue weighted by atomic mass is 16.4.